The lowest BCUT2D eigenvalue weighted by molar-refractivity contribution is 0.596. The summed E-state index contributed by atoms with van der Waals surface area (Å²) < 4.78 is 33.8. The topological polar surface area (TPSA) is 47.3 Å². The molecule has 0 amide bonds. The Morgan fingerprint density at radius 3 is 1.54 bits per heavy atom. The number of hydrogen-bond donors (Lipinski definition) is 0. The summed E-state index contributed by atoms with van der Waals surface area (Å²) in [5, 5.41) is 11.3. The van der Waals surface area contributed by atoms with E-state index in [1.165, 1.54) is 10.8 Å². The van der Waals surface area contributed by atoms with Crippen LogP contribution in [-0.2, 0) is 9.84 Å². The molecule has 0 atom stereocenters. The van der Waals surface area contributed by atoms with E-state index in [0.29, 0.717) is 0 Å². The van der Waals surface area contributed by atoms with E-state index < -0.39 is 9.84 Å². The van der Waals surface area contributed by atoms with Gasteiger partial charge in [0, 0.05) is 21.9 Å². The van der Waals surface area contributed by atoms with Crippen LogP contribution >= 0.6 is 0 Å². The first kappa shape index (κ1) is 28.8. The fourth-order valence-electron chi connectivity index (χ4n) is 7.84. The molecule has 0 aliphatic carbocycles. The highest BCUT2D eigenvalue weighted by molar-refractivity contribution is 7.91. The van der Waals surface area contributed by atoms with Crippen LogP contribution in [0.15, 0.2) is 184 Å². The second-order valence-electron chi connectivity index (χ2n) is 12.8. The number of hydrogen-bond acceptors (Lipinski definition) is 3. The molecule has 0 aliphatic heterocycles. The van der Waals surface area contributed by atoms with E-state index in [0.717, 1.165) is 76.5 Å². The second-order valence-corrected chi connectivity index (χ2v) is 14.7. The normalized spacial score (nSPS) is 12.2. The van der Waals surface area contributed by atoms with Crippen LogP contribution in [0.5, 0.6) is 0 Å². The third-order valence-electron chi connectivity index (χ3n) is 10.1. The number of rotatable bonds is 4. The Bertz CT molecular complexity index is 3030. The Labute approximate surface area is 288 Å². The van der Waals surface area contributed by atoms with Crippen LogP contribution in [0.3, 0.4) is 0 Å². The monoisotopic (exact) mass is 660 g/mol. The quantitative estimate of drug-likeness (QED) is 0.177. The molecule has 0 fully saturated rings. The van der Waals surface area contributed by atoms with Crippen LogP contribution in [0.4, 0.5) is 0 Å². The zero-order valence-corrected chi connectivity index (χ0v) is 27.6. The second kappa shape index (κ2) is 10.9. The molecule has 1 heterocycles. The molecule has 0 N–H and O–H groups in total. The largest absolute Gasteiger partial charge is 0.455 e. The standard InChI is InChI=1S/C46H28O3S/c47-50(48,32-14-2-1-3-15-32)33-25-22-30(23-26-33)42-36-18-8-10-20-38(36)43(39-21-11-9-19-37(39)42)40-28-31-13-5-7-17-35(31)45-44-34-16-6-4-12-29(34)24-27-41(44)49-46(40)45/h1-28H. The number of fused-ring (bicyclic) bond motifs is 9. The summed E-state index contributed by atoms with van der Waals surface area (Å²) in [6.45, 7) is 0. The summed E-state index contributed by atoms with van der Waals surface area (Å²) in [5.41, 5.74) is 5.91. The molecule has 0 bridgehead atoms. The first-order valence-corrected chi connectivity index (χ1v) is 18.2. The van der Waals surface area contributed by atoms with Crippen molar-refractivity contribution in [3.8, 4) is 22.3 Å². The molecular weight excluding hydrogens is 633 g/mol. The molecule has 50 heavy (non-hydrogen) atoms. The lowest BCUT2D eigenvalue weighted by Gasteiger charge is -2.18. The van der Waals surface area contributed by atoms with Crippen molar-refractivity contribution in [3.63, 3.8) is 0 Å². The van der Waals surface area contributed by atoms with Crippen molar-refractivity contribution in [2.75, 3.05) is 0 Å². The van der Waals surface area contributed by atoms with Crippen molar-refractivity contribution in [3.05, 3.63) is 170 Å². The molecule has 0 aliphatic rings. The van der Waals surface area contributed by atoms with E-state index >= 15 is 0 Å². The van der Waals surface area contributed by atoms with E-state index in [-0.39, 0.29) is 9.79 Å². The van der Waals surface area contributed by atoms with E-state index in [2.05, 4.69) is 115 Å². The maximum absolute atomic E-state index is 13.4. The highest BCUT2D eigenvalue weighted by Crippen LogP contribution is 2.49. The zero-order valence-electron chi connectivity index (χ0n) is 26.8. The van der Waals surface area contributed by atoms with Crippen molar-refractivity contribution in [1.82, 2.24) is 0 Å². The average molecular weight is 661 g/mol. The highest BCUT2D eigenvalue weighted by Gasteiger charge is 2.23. The molecule has 10 aromatic rings. The molecule has 0 unspecified atom stereocenters. The Morgan fingerprint density at radius 2 is 0.900 bits per heavy atom. The molecule has 0 spiro atoms. The van der Waals surface area contributed by atoms with Gasteiger partial charge in [-0.1, -0.05) is 133 Å². The van der Waals surface area contributed by atoms with E-state index in [4.69, 9.17) is 4.42 Å². The lowest BCUT2D eigenvalue weighted by Crippen LogP contribution is -2.01. The SMILES string of the molecule is O=S(=O)(c1ccccc1)c1ccc(-c2c3ccccc3c(-c3cc4ccccc4c4c3oc3ccc5ccccc5c34)c3ccccc23)cc1. The van der Waals surface area contributed by atoms with Crippen LogP contribution in [-0.4, -0.2) is 8.42 Å². The Hall–Kier alpha value is -6.23. The molecule has 3 nitrogen and oxygen atoms in total. The smallest absolute Gasteiger partial charge is 0.206 e. The van der Waals surface area contributed by atoms with Crippen LogP contribution in [0.1, 0.15) is 0 Å². The van der Waals surface area contributed by atoms with E-state index in [1.54, 1.807) is 36.4 Å². The van der Waals surface area contributed by atoms with Gasteiger partial charge in [-0.15, -0.1) is 0 Å². The van der Waals surface area contributed by atoms with Crippen molar-refractivity contribution in [1.29, 1.82) is 0 Å². The van der Waals surface area contributed by atoms with Gasteiger partial charge in [0.1, 0.15) is 11.2 Å². The van der Waals surface area contributed by atoms with Crippen LogP contribution in [0, 0.1) is 0 Å². The van der Waals surface area contributed by atoms with Gasteiger partial charge in [-0.3, -0.25) is 0 Å². The highest BCUT2D eigenvalue weighted by atomic mass is 32.2. The number of sulfone groups is 1. The third kappa shape index (κ3) is 4.19. The van der Waals surface area contributed by atoms with Gasteiger partial charge >= 0.3 is 0 Å². The van der Waals surface area contributed by atoms with Crippen LogP contribution < -0.4 is 0 Å². The summed E-state index contributed by atoms with van der Waals surface area (Å²) in [4.78, 5) is 0.557. The molecule has 0 saturated carbocycles. The maximum Gasteiger partial charge on any atom is 0.206 e. The van der Waals surface area contributed by atoms with Gasteiger partial charge in [-0.05, 0) is 90.6 Å². The summed E-state index contributed by atoms with van der Waals surface area (Å²) in [5.74, 6) is 0. The molecule has 0 saturated heterocycles. The molecule has 236 valence electrons. The van der Waals surface area contributed by atoms with Gasteiger partial charge in [-0.25, -0.2) is 8.42 Å². The van der Waals surface area contributed by atoms with Crippen molar-refractivity contribution < 1.29 is 12.8 Å². The minimum absolute atomic E-state index is 0.272. The first-order chi connectivity index (χ1) is 24.6. The summed E-state index contributed by atoms with van der Waals surface area (Å²) in [7, 11) is -3.64. The summed E-state index contributed by atoms with van der Waals surface area (Å²) in [6, 6.07) is 56.5. The molecule has 4 heteroatoms. The molecule has 0 radical (unpaired) electrons. The Morgan fingerprint density at radius 1 is 0.400 bits per heavy atom. The summed E-state index contributed by atoms with van der Waals surface area (Å²) in [6.07, 6.45) is 0. The van der Waals surface area contributed by atoms with Gasteiger partial charge in [0.25, 0.3) is 0 Å². The summed E-state index contributed by atoms with van der Waals surface area (Å²) >= 11 is 0. The van der Waals surface area contributed by atoms with Gasteiger partial charge in [0.15, 0.2) is 0 Å². The Balaban J connectivity index is 1.28. The zero-order chi connectivity index (χ0) is 33.4. The molecule has 10 rings (SSSR count). The maximum atomic E-state index is 13.4. The van der Waals surface area contributed by atoms with Crippen LogP contribution in [0.2, 0.25) is 0 Å². The number of furan rings is 1. The van der Waals surface area contributed by atoms with E-state index in [9.17, 15) is 8.42 Å². The predicted octanol–water partition coefficient (Wildman–Crippen LogP) is 12.4. The number of benzene rings is 9. The first-order valence-electron chi connectivity index (χ1n) is 16.7. The van der Waals surface area contributed by atoms with Crippen molar-refractivity contribution in [2.45, 2.75) is 9.79 Å². The third-order valence-corrected chi connectivity index (χ3v) is 11.8. The fraction of sp³-hybridized carbons (Fsp3) is 0. The van der Waals surface area contributed by atoms with Gasteiger partial charge in [0.2, 0.25) is 9.84 Å². The molecular formula is C46H28O3S. The molecule has 1 aromatic heterocycles. The van der Waals surface area contributed by atoms with Gasteiger partial charge < -0.3 is 4.42 Å². The van der Waals surface area contributed by atoms with Crippen molar-refractivity contribution >= 4 is 74.9 Å². The van der Waals surface area contributed by atoms with Gasteiger partial charge in [0.05, 0.1) is 9.79 Å². The van der Waals surface area contributed by atoms with Crippen LogP contribution in [0.25, 0.3) is 87.3 Å². The van der Waals surface area contributed by atoms with Gasteiger partial charge in [-0.2, -0.15) is 0 Å². The predicted molar refractivity (Wildman–Crippen MR) is 207 cm³/mol. The lowest BCUT2D eigenvalue weighted by atomic mass is 9.85. The average Bonchev–Trinajstić information content (AvgIpc) is 3.58. The van der Waals surface area contributed by atoms with Crippen molar-refractivity contribution in [2.24, 2.45) is 0 Å². The minimum atomic E-state index is -3.64. The minimum Gasteiger partial charge on any atom is -0.455 e. The fourth-order valence-corrected chi connectivity index (χ4v) is 9.12. The Kier molecular flexibility index (Phi) is 6.26. The molecule has 9 aromatic carbocycles. The van der Waals surface area contributed by atoms with E-state index in [1.807, 2.05) is 18.2 Å².